The number of hydrogen-bond acceptors (Lipinski definition) is 3. The van der Waals surface area contributed by atoms with Crippen LogP contribution in [-0.2, 0) is 6.42 Å². The first-order valence-corrected chi connectivity index (χ1v) is 6.57. The maximum absolute atomic E-state index is 6.16. The number of pyridine rings is 1. The third-order valence-corrected chi connectivity index (χ3v) is 4.25. The van der Waals surface area contributed by atoms with Gasteiger partial charge in [-0.05, 0) is 40.0 Å². The molecule has 0 amide bonds. The van der Waals surface area contributed by atoms with Crippen molar-refractivity contribution in [2.75, 3.05) is 5.43 Å². The van der Waals surface area contributed by atoms with Crippen molar-refractivity contribution in [1.29, 1.82) is 0 Å². The highest BCUT2D eigenvalue weighted by atomic mass is 79.9. The van der Waals surface area contributed by atoms with Crippen molar-refractivity contribution in [3.63, 3.8) is 0 Å². The van der Waals surface area contributed by atoms with Crippen LogP contribution >= 0.6 is 39.1 Å². The molecule has 0 fully saturated rings. The Hall–Kier alpha value is -0.550. The second-order valence-corrected chi connectivity index (χ2v) is 5.16. The number of hydrogen-bond donors (Lipinski definition) is 2. The fourth-order valence-electron chi connectivity index (χ4n) is 1.66. The molecule has 0 aliphatic heterocycles. The number of aromatic nitrogens is 1. The summed E-state index contributed by atoms with van der Waals surface area (Å²) in [6, 6.07) is 3.90. The number of rotatable bonds is 2. The molecule has 1 heterocycles. The second kappa shape index (κ2) is 4.98. The molecule has 1 aromatic heterocycles. The van der Waals surface area contributed by atoms with Crippen LogP contribution in [0, 0.1) is 0 Å². The van der Waals surface area contributed by atoms with Gasteiger partial charge in [0.05, 0.1) is 15.6 Å². The zero-order chi connectivity index (χ0) is 12.6. The summed E-state index contributed by atoms with van der Waals surface area (Å²) in [6.07, 6.45) is 0.834. The Morgan fingerprint density at radius 1 is 1.35 bits per heavy atom. The molecular formula is C11H10BrCl2N3. The van der Waals surface area contributed by atoms with Gasteiger partial charge in [-0.2, -0.15) is 0 Å². The van der Waals surface area contributed by atoms with Crippen molar-refractivity contribution in [3.8, 4) is 0 Å². The third-order valence-electron chi connectivity index (χ3n) is 2.54. The molecule has 1 aromatic carbocycles. The Morgan fingerprint density at radius 3 is 2.65 bits per heavy atom. The number of fused-ring (bicyclic) bond motifs is 1. The summed E-state index contributed by atoms with van der Waals surface area (Å²) in [5.41, 5.74) is 4.25. The first-order chi connectivity index (χ1) is 8.08. The van der Waals surface area contributed by atoms with Crippen LogP contribution in [0.2, 0.25) is 10.0 Å². The SMILES string of the molecule is CCc1cc2cc(Br)c(Cl)c(Cl)c2nc1NN. The van der Waals surface area contributed by atoms with E-state index in [2.05, 4.69) is 26.3 Å². The molecule has 6 heteroatoms. The summed E-state index contributed by atoms with van der Waals surface area (Å²) in [4.78, 5) is 4.39. The average Bonchev–Trinajstić information content (AvgIpc) is 2.34. The van der Waals surface area contributed by atoms with E-state index in [-0.39, 0.29) is 0 Å². The molecule has 0 saturated carbocycles. The quantitative estimate of drug-likeness (QED) is 0.492. The molecule has 0 radical (unpaired) electrons. The number of anilines is 1. The van der Waals surface area contributed by atoms with E-state index in [0.717, 1.165) is 21.8 Å². The number of benzene rings is 1. The molecule has 0 bridgehead atoms. The van der Waals surface area contributed by atoms with Gasteiger partial charge in [0.2, 0.25) is 0 Å². The minimum absolute atomic E-state index is 0.426. The van der Waals surface area contributed by atoms with Crippen LogP contribution in [0.1, 0.15) is 12.5 Å². The van der Waals surface area contributed by atoms with E-state index in [0.29, 0.717) is 21.4 Å². The van der Waals surface area contributed by atoms with Gasteiger partial charge < -0.3 is 5.43 Å². The lowest BCUT2D eigenvalue weighted by Gasteiger charge is -2.10. The van der Waals surface area contributed by atoms with Crippen molar-refractivity contribution < 1.29 is 0 Å². The zero-order valence-corrected chi connectivity index (χ0v) is 12.1. The van der Waals surface area contributed by atoms with Crippen molar-refractivity contribution >= 4 is 55.9 Å². The summed E-state index contributed by atoms with van der Waals surface area (Å²) < 4.78 is 0.758. The van der Waals surface area contributed by atoms with Crippen molar-refractivity contribution in [3.05, 3.63) is 32.2 Å². The van der Waals surface area contributed by atoms with E-state index in [1.807, 2.05) is 19.1 Å². The van der Waals surface area contributed by atoms with Gasteiger partial charge in [-0.25, -0.2) is 10.8 Å². The van der Waals surface area contributed by atoms with Crippen LogP contribution in [0.3, 0.4) is 0 Å². The molecule has 0 atom stereocenters. The summed E-state index contributed by atoms with van der Waals surface area (Å²) in [6.45, 7) is 2.04. The molecule has 0 aliphatic carbocycles. The molecule has 2 rings (SSSR count). The fourth-order valence-corrected chi connectivity index (χ4v) is 2.62. The highest BCUT2D eigenvalue weighted by Gasteiger charge is 2.12. The third kappa shape index (κ3) is 2.22. The largest absolute Gasteiger partial charge is 0.308 e. The average molecular weight is 335 g/mol. The number of hydrazine groups is 1. The van der Waals surface area contributed by atoms with Gasteiger partial charge in [-0.3, -0.25) is 0 Å². The van der Waals surface area contributed by atoms with Crippen LogP contribution in [0.25, 0.3) is 10.9 Å². The van der Waals surface area contributed by atoms with Crippen LogP contribution in [0.4, 0.5) is 5.82 Å². The number of halogens is 3. The van der Waals surface area contributed by atoms with E-state index in [4.69, 9.17) is 29.0 Å². The van der Waals surface area contributed by atoms with Crippen molar-refractivity contribution in [1.82, 2.24) is 4.98 Å². The molecule has 90 valence electrons. The molecule has 3 N–H and O–H groups in total. The predicted molar refractivity (Wildman–Crippen MR) is 76.7 cm³/mol. The standard InChI is InChI=1S/C11H10BrCl2N3/c1-2-5-3-6-4-7(12)8(13)9(14)10(6)16-11(5)17-15/h3-4H,2,15H2,1H3,(H,16,17). The van der Waals surface area contributed by atoms with Gasteiger partial charge in [0.1, 0.15) is 5.82 Å². The molecule has 2 aromatic rings. The van der Waals surface area contributed by atoms with Gasteiger partial charge in [0.25, 0.3) is 0 Å². The number of nitrogen functional groups attached to an aromatic ring is 1. The van der Waals surface area contributed by atoms with Crippen LogP contribution in [0.15, 0.2) is 16.6 Å². The predicted octanol–water partition coefficient (Wildman–Crippen LogP) is 4.15. The lowest BCUT2D eigenvalue weighted by atomic mass is 10.1. The van der Waals surface area contributed by atoms with Crippen molar-refractivity contribution in [2.24, 2.45) is 5.84 Å². The zero-order valence-electron chi connectivity index (χ0n) is 9.02. The fraction of sp³-hybridized carbons (Fsp3) is 0.182. The van der Waals surface area contributed by atoms with Gasteiger partial charge in [-0.15, -0.1) is 0 Å². The van der Waals surface area contributed by atoms with Gasteiger partial charge in [0.15, 0.2) is 0 Å². The van der Waals surface area contributed by atoms with E-state index < -0.39 is 0 Å². The number of nitrogens with two attached hydrogens (primary N) is 1. The van der Waals surface area contributed by atoms with Crippen LogP contribution in [0.5, 0.6) is 0 Å². The van der Waals surface area contributed by atoms with Gasteiger partial charge in [0, 0.05) is 9.86 Å². The molecule has 17 heavy (non-hydrogen) atoms. The highest BCUT2D eigenvalue weighted by Crippen LogP contribution is 2.37. The minimum Gasteiger partial charge on any atom is -0.308 e. The summed E-state index contributed by atoms with van der Waals surface area (Å²) >= 11 is 15.6. The number of nitrogens with zero attached hydrogens (tertiary/aromatic N) is 1. The molecule has 3 nitrogen and oxygen atoms in total. The van der Waals surface area contributed by atoms with E-state index in [1.54, 1.807) is 0 Å². The second-order valence-electron chi connectivity index (χ2n) is 3.55. The van der Waals surface area contributed by atoms with Crippen LogP contribution in [-0.4, -0.2) is 4.98 Å². The van der Waals surface area contributed by atoms with E-state index in [1.165, 1.54) is 0 Å². The van der Waals surface area contributed by atoms with E-state index in [9.17, 15) is 0 Å². The molecule has 0 saturated heterocycles. The molecule has 0 unspecified atom stereocenters. The first-order valence-electron chi connectivity index (χ1n) is 5.02. The minimum atomic E-state index is 0.426. The topological polar surface area (TPSA) is 50.9 Å². The number of nitrogens with one attached hydrogen (secondary N) is 1. The maximum Gasteiger partial charge on any atom is 0.143 e. The van der Waals surface area contributed by atoms with Crippen molar-refractivity contribution in [2.45, 2.75) is 13.3 Å². The lowest BCUT2D eigenvalue weighted by Crippen LogP contribution is -2.11. The van der Waals surface area contributed by atoms with Gasteiger partial charge in [-0.1, -0.05) is 30.1 Å². The molecule has 0 aliphatic rings. The van der Waals surface area contributed by atoms with E-state index >= 15 is 0 Å². The monoisotopic (exact) mass is 333 g/mol. The van der Waals surface area contributed by atoms with Gasteiger partial charge >= 0.3 is 0 Å². The lowest BCUT2D eigenvalue weighted by molar-refractivity contribution is 1.10. The molecular weight excluding hydrogens is 325 g/mol. The van der Waals surface area contributed by atoms with Crippen LogP contribution < -0.4 is 11.3 Å². The Kier molecular flexibility index (Phi) is 3.78. The summed E-state index contributed by atoms with van der Waals surface area (Å²) in [5, 5.41) is 1.82. The first kappa shape index (κ1) is 12.9. The normalized spacial score (nSPS) is 10.9. The number of aryl methyl sites for hydroxylation is 1. The Balaban J connectivity index is 2.83. The Bertz CT molecular complexity index is 587. The summed E-state index contributed by atoms with van der Waals surface area (Å²) in [7, 11) is 0. The maximum atomic E-state index is 6.16. The Labute approximate surface area is 117 Å². The smallest absolute Gasteiger partial charge is 0.143 e. The summed E-state index contributed by atoms with van der Waals surface area (Å²) in [5.74, 6) is 6.06. The highest BCUT2D eigenvalue weighted by molar-refractivity contribution is 9.10. The molecule has 0 spiro atoms. The Morgan fingerprint density at radius 2 is 2.06 bits per heavy atom.